The smallest absolute Gasteiger partial charge is 0.0725 e. The number of nitrogens with zero attached hydrogens (tertiary/aromatic N) is 2. The molecule has 2 fully saturated rings. The van der Waals surface area contributed by atoms with Crippen molar-refractivity contribution in [3.05, 3.63) is 0 Å². The summed E-state index contributed by atoms with van der Waals surface area (Å²) in [4.78, 5) is 5.17. The number of hydrogen-bond acceptors (Lipinski definition) is 3. The molecule has 0 saturated carbocycles. The van der Waals surface area contributed by atoms with E-state index in [4.69, 9.17) is 4.74 Å². The summed E-state index contributed by atoms with van der Waals surface area (Å²) < 4.78 is 5.44. The largest absolute Gasteiger partial charge is 0.375 e. The number of hydrogen-bond donors (Lipinski definition) is 0. The molecule has 3 nitrogen and oxygen atoms in total. The van der Waals surface area contributed by atoms with Gasteiger partial charge in [0.25, 0.3) is 0 Å². The zero-order valence-corrected chi connectivity index (χ0v) is 10.5. The minimum absolute atomic E-state index is 0.327. The Morgan fingerprint density at radius 1 is 1.07 bits per heavy atom. The topological polar surface area (TPSA) is 15.7 Å². The highest BCUT2D eigenvalue weighted by molar-refractivity contribution is 4.89. The summed E-state index contributed by atoms with van der Waals surface area (Å²) in [6.07, 6.45) is 0.450. The summed E-state index contributed by atoms with van der Waals surface area (Å²) >= 11 is 0. The van der Waals surface area contributed by atoms with E-state index in [0.29, 0.717) is 17.7 Å². The van der Waals surface area contributed by atoms with Crippen LogP contribution < -0.4 is 0 Å². The molecular formula is C12H24N2O. The van der Waals surface area contributed by atoms with E-state index in [0.717, 1.165) is 6.61 Å². The molecule has 2 atom stereocenters. The van der Waals surface area contributed by atoms with E-state index in [1.807, 2.05) is 0 Å². The van der Waals surface area contributed by atoms with Crippen LogP contribution in [-0.2, 0) is 4.74 Å². The third-order valence-corrected chi connectivity index (χ3v) is 3.80. The van der Waals surface area contributed by atoms with Crippen LogP contribution >= 0.6 is 0 Å². The lowest BCUT2D eigenvalue weighted by Gasteiger charge is -2.48. The van der Waals surface area contributed by atoms with Crippen molar-refractivity contribution in [2.45, 2.75) is 45.4 Å². The van der Waals surface area contributed by atoms with Gasteiger partial charge in [-0.2, -0.15) is 0 Å². The Kier molecular flexibility index (Phi) is 3.06. The van der Waals surface area contributed by atoms with E-state index >= 15 is 0 Å². The monoisotopic (exact) mass is 212 g/mol. The quantitative estimate of drug-likeness (QED) is 0.649. The van der Waals surface area contributed by atoms with Crippen LogP contribution in [0.15, 0.2) is 0 Å². The second-order valence-corrected chi connectivity index (χ2v) is 5.80. The van der Waals surface area contributed by atoms with Gasteiger partial charge in [0.1, 0.15) is 0 Å². The van der Waals surface area contributed by atoms with Gasteiger partial charge in [-0.15, -0.1) is 0 Å². The average molecular weight is 212 g/mol. The van der Waals surface area contributed by atoms with Gasteiger partial charge in [0.05, 0.1) is 18.8 Å². The molecule has 0 aromatic heterocycles. The van der Waals surface area contributed by atoms with Crippen molar-refractivity contribution in [1.29, 1.82) is 0 Å². The minimum atomic E-state index is 0.327. The van der Waals surface area contributed by atoms with Gasteiger partial charge >= 0.3 is 0 Å². The molecule has 2 unspecified atom stereocenters. The van der Waals surface area contributed by atoms with Gasteiger partial charge < -0.3 is 4.74 Å². The van der Waals surface area contributed by atoms with Gasteiger partial charge in [-0.05, 0) is 27.7 Å². The minimum Gasteiger partial charge on any atom is -0.375 e. The molecule has 0 aromatic rings. The van der Waals surface area contributed by atoms with Crippen molar-refractivity contribution in [1.82, 2.24) is 9.80 Å². The van der Waals surface area contributed by atoms with Crippen LogP contribution in [0.25, 0.3) is 0 Å². The molecule has 0 bridgehead atoms. The molecule has 2 saturated heterocycles. The van der Waals surface area contributed by atoms with E-state index < -0.39 is 0 Å². The second kappa shape index (κ2) is 4.04. The van der Waals surface area contributed by atoms with E-state index in [1.165, 1.54) is 26.2 Å². The van der Waals surface area contributed by atoms with E-state index in [2.05, 4.69) is 37.5 Å². The lowest BCUT2D eigenvalue weighted by atomic mass is 10.0. The summed E-state index contributed by atoms with van der Waals surface area (Å²) in [5.41, 5.74) is 0.327. The Labute approximate surface area is 93.4 Å². The van der Waals surface area contributed by atoms with Gasteiger partial charge in [0.15, 0.2) is 0 Å². The Morgan fingerprint density at radius 2 is 1.67 bits per heavy atom. The molecule has 2 heterocycles. The Hall–Kier alpha value is -0.120. The average Bonchev–Trinajstić information content (AvgIpc) is 2.15. The SMILES string of the molecule is CC1OCC1N1CCN(C(C)(C)C)CC1. The van der Waals surface area contributed by atoms with Gasteiger partial charge in [0, 0.05) is 31.7 Å². The standard InChI is InChI=1S/C12H24N2O/c1-10-11(9-15-10)13-5-7-14(8-6-13)12(2,3)4/h10-11H,5-9H2,1-4H3. The van der Waals surface area contributed by atoms with Crippen LogP contribution in [0.4, 0.5) is 0 Å². The summed E-state index contributed by atoms with van der Waals surface area (Å²) in [5, 5.41) is 0. The first kappa shape index (κ1) is 11.4. The summed E-state index contributed by atoms with van der Waals surface area (Å²) in [5.74, 6) is 0. The van der Waals surface area contributed by atoms with Crippen LogP contribution in [0, 0.1) is 0 Å². The van der Waals surface area contributed by atoms with E-state index in [1.54, 1.807) is 0 Å². The Balaban J connectivity index is 1.82. The van der Waals surface area contributed by atoms with Crippen molar-refractivity contribution in [3.63, 3.8) is 0 Å². The number of piperazine rings is 1. The molecule has 0 amide bonds. The second-order valence-electron chi connectivity index (χ2n) is 5.80. The fourth-order valence-electron chi connectivity index (χ4n) is 2.50. The first-order valence-electron chi connectivity index (χ1n) is 6.09. The van der Waals surface area contributed by atoms with Crippen molar-refractivity contribution < 1.29 is 4.74 Å². The molecule has 0 N–H and O–H groups in total. The molecule has 2 aliphatic heterocycles. The fourth-order valence-corrected chi connectivity index (χ4v) is 2.50. The highest BCUT2D eigenvalue weighted by Gasteiger charge is 2.36. The van der Waals surface area contributed by atoms with E-state index in [9.17, 15) is 0 Å². The molecule has 0 spiro atoms. The predicted octanol–water partition coefficient (Wildman–Crippen LogP) is 1.19. The molecule has 3 heteroatoms. The number of rotatable bonds is 1. The molecule has 2 aliphatic rings. The van der Waals surface area contributed by atoms with Crippen molar-refractivity contribution in [2.24, 2.45) is 0 Å². The third-order valence-electron chi connectivity index (χ3n) is 3.80. The normalized spacial score (nSPS) is 35.2. The molecule has 0 aromatic carbocycles. The van der Waals surface area contributed by atoms with Crippen LogP contribution in [0.1, 0.15) is 27.7 Å². The lowest BCUT2D eigenvalue weighted by molar-refractivity contribution is -0.135. The van der Waals surface area contributed by atoms with Crippen molar-refractivity contribution in [3.8, 4) is 0 Å². The maximum atomic E-state index is 5.44. The maximum absolute atomic E-state index is 5.44. The van der Waals surface area contributed by atoms with Gasteiger partial charge in [-0.25, -0.2) is 0 Å². The van der Waals surface area contributed by atoms with Crippen LogP contribution in [0.2, 0.25) is 0 Å². The zero-order valence-electron chi connectivity index (χ0n) is 10.5. The highest BCUT2D eigenvalue weighted by Crippen LogP contribution is 2.22. The highest BCUT2D eigenvalue weighted by atomic mass is 16.5. The molecule has 88 valence electrons. The first-order chi connectivity index (χ1) is 6.98. The zero-order chi connectivity index (χ0) is 11.1. The predicted molar refractivity (Wildman–Crippen MR) is 62.1 cm³/mol. The molecule has 0 radical (unpaired) electrons. The van der Waals surface area contributed by atoms with Crippen LogP contribution in [0.5, 0.6) is 0 Å². The molecule has 15 heavy (non-hydrogen) atoms. The third kappa shape index (κ3) is 2.35. The Bertz CT molecular complexity index is 216. The van der Waals surface area contributed by atoms with Crippen LogP contribution in [0.3, 0.4) is 0 Å². The van der Waals surface area contributed by atoms with Gasteiger partial charge in [-0.3, -0.25) is 9.80 Å². The number of ether oxygens (including phenoxy) is 1. The maximum Gasteiger partial charge on any atom is 0.0725 e. The molecular weight excluding hydrogens is 188 g/mol. The van der Waals surface area contributed by atoms with Crippen molar-refractivity contribution in [2.75, 3.05) is 32.8 Å². The summed E-state index contributed by atoms with van der Waals surface area (Å²) in [7, 11) is 0. The summed E-state index contributed by atoms with van der Waals surface area (Å²) in [6, 6.07) is 0.687. The van der Waals surface area contributed by atoms with Gasteiger partial charge in [-0.1, -0.05) is 0 Å². The lowest BCUT2D eigenvalue weighted by Crippen LogP contribution is -2.62. The van der Waals surface area contributed by atoms with Crippen molar-refractivity contribution >= 4 is 0 Å². The molecule has 2 rings (SSSR count). The fraction of sp³-hybridized carbons (Fsp3) is 1.00. The molecule has 0 aliphatic carbocycles. The first-order valence-corrected chi connectivity index (χ1v) is 6.09. The van der Waals surface area contributed by atoms with Gasteiger partial charge in [0.2, 0.25) is 0 Å². The summed E-state index contributed by atoms with van der Waals surface area (Å²) in [6.45, 7) is 14.8. The van der Waals surface area contributed by atoms with E-state index in [-0.39, 0.29) is 0 Å². The van der Waals surface area contributed by atoms with Crippen LogP contribution in [-0.4, -0.2) is 60.3 Å². The Morgan fingerprint density at radius 3 is 2.00 bits per heavy atom.